The maximum atomic E-state index is 12.5. The first-order chi connectivity index (χ1) is 11.7. The van der Waals surface area contributed by atoms with Crippen LogP contribution in [0.25, 0.3) is 10.9 Å². The molecule has 1 aliphatic rings. The summed E-state index contributed by atoms with van der Waals surface area (Å²) in [5.74, 6) is 0.607. The second-order valence-electron chi connectivity index (χ2n) is 5.78. The Morgan fingerprint density at radius 3 is 3.00 bits per heavy atom. The number of halogens is 1. The summed E-state index contributed by atoms with van der Waals surface area (Å²) in [5, 5.41) is 17.3. The number of anilines is 1. The van der Waals surface area contributed by atoms with Crippen LogP contribution in [-0.2, 0) is 0 Å². The number of H-pyrrole nitrogens is 1. The van der Waals surface area contributed by atoms with Crippen LogP contribution in [0.15, 0.2) is 23.6 Å². The lowest BCUT2D eigenvalue weighted by Crippen LogP contribution is -2.26. The number of hydrogen-bond donors (Lipinski definition) is 3. The van der Waals surface area contributed by atoms with Crippen molar-refractivity contribution in [3.8, 4) is 0 Å². The summed E-state index contributed by atoms with van der Waals surface area (Å²) in [6.45, 7) is 2.01. The molecule has 1 fully saturated rings. The zero-order valence-corrected chi connectivity index (χ0v) is 14.4. The predicted octanol–water partition coefficient (Wildman–Crippen LogP) is 3.39. The lowest BCUT2D eigenvalue weighted by molar-refractivity contribution is 0.102. The fourth-order valence-electron chi connectivity index (χ4n) is 2.94. The van der Waals surface area contributed by atoms with Crippen LogP contribution in [-0.4, -0.2) is 34.2 Å². The summed E-state index contributed by atoms with van der Waals surface area (Å²) in [7, 11) is 0. The number of aromatic nitrogens is 3. The van der Waals surface area contributed by atoms with E-state index in [2.05, 4.69) is 25.8 Å². The summed E-state index contributed by atoms with van der Waals surface area (Å²) in [5.41, 5.74) is 1.21. The molecule has 124 valence electrons. The second-order valence-corrected chi connectivity index (χ2v) is 7.08. The molecule has 1 amide bonds. The van der Waals surface area contributed by atoms with E-state index < -0.39 is 0 Å². The van der Waals surface area contributed by atoms with Crippen LogP contribution >= 0.6 is 22.9 Å². The number of hydrogen-bond acceptors (Lipinski definition) is 5. The van der Waals surface area contributed by atoms with Gasteiger partial charge in [0.05, 0.1) is 20.9 Å². The molecule has 8 heteroatoms. The zero-order valence-electron chi connectivity index (χ0n) is 12.8. The van der Waals surface area contributed by atoms with Crippen molar-refractivity contribution in [3.63, 3.8) is 0 Å². The van der Waals surface area contributed by atoms with E-state index in [9.17, 15) is 4.79 Å². The number of rotatable bonds is 3. The van der Waals surface area contributed by atoms with Gasteiger partial charge >= 0.3 is 0 Å². The summed E-state index contributed by atoms with van der Waals surface area (Å²) in [4.78, 5) is 17.0. The van der Waals surface area contributed by atoms with Gasteiger partial charge in [-0.3, -0.25) is 9.89 Å². The number of piperidine rings is 1. The summed E-state index contributed by atoms with van der Waals surface area (Å²) >= 11 is 7.76. The molecule has 0 saturated carbocycles. The molecule has 1 saturated heterocycles. The Hall–Kier alpha value is -1.96. The SMILES string of the molecule is O=C(Nc1n[nH]c2cccc(Cl)c12)c1csc(C2CCNCC2)n1. The largest absolute Gasteiger partial charge is 0.317 e. The van der Waals surface area contributed by atoms with Gasteiger partial charge in [0, 0.05) is 11.3 Å². The Morgan fingerprint density at radius 1 is 1.33 bits per heavy atom. The van der Waals surface area contributed by atoms with E-state index in [1.54, 1.807) is 17.4 Å². The van der Waals surface area contributed by atoms with Crippen molar-refractivity contribution in [1.82, 2.24) is 20.5 Å². The molecule has 24 heavy (non-hydrogen) atoms. The average molecular weight is 362 g/mol. The molecule has 6 nitrogen and oxygen atoms in total. The van der Waals surface area contributed by atoms with Crippen LogP contribution in [0.4, 0.5) is 5.82 Å². The van der Waals surface area contributed by atoms with Gasteiger partial charge in [0.1, 0.15) is 5.69 Å². The van der Waals surface area contributed by atoms with Crippen LogP contribution in [0.5, 0.6) is 0 Å². The third-order valence-corrected chi connectivity index (χ3v) is 5.54. The van der Waals surface area contributed by atoms with E-state index in [4.69, 9.17) is 11.6 Å². The van der Waals surface area contributed by atoms with Crippen molar-refractivity contribution >= 4 is 45.6 Å². The van der Waals surface area contributed by atoms with Gasteiger partial charge in [-0.25, -0.2) is 4.98 Å². The van der Waals surface area contributed by atoms with Gasteiger partial charge in [-0.1, -0.05) is 17.7 Å². The number of benzene rings is 1. The molecule has 4 rings (SSSR count). The second kappa shape index (κ2) is 6.51. The van der Waals surface area contributed by atoms with E-state index in [1.807, 2.05) is 17.5 Å². The van der Waals surface area contributed by atoms with Crippen molar-refractivity contribution in [2.75, 3.05) is 18.4 Å². The number of fused-ring (bicyclic) bond motifs is 1. The minimum Gasteiger partial charge on any atom is -0.317 e. The van der Waals surface area contributed by atoms with Gasteiger partial charge in [-0.05, 0) is 38.1 Å². The first-order valence-corrected chi connectivity index (χ1v) is 9.08. The van der Waals surface area contributed by atoms with E-state index in [-0.39, 0.29) is 5.91 Å². The Bertz CT molecular complexity index is 884. The standard InChI is InChI=1S/C16H16ClN5OS/c17-10-2-1-3-11-13(10)14(22-21-11)20-15(23)12-8-24-16(19-12)9-4-6-18-7-5-9/h1-3,8-9,18H,4-7H2,(H2,20,21,22,23). The highest BCUT2D eigenvalue weighted by atomic mass is 35.5. The van der Waals surface area contributed by atoms with Crippen LogP contribution in [0.2, 0.25) is 5.02 Å². The molecule has 0 unspecified atom stereocenters. The maximum Gasteiger partial charge on any atom is 0.276 e. The number of carbonyl (C=O) groups is 1. The highest BCUT2D eigenvalue weighted by molar-refractivity contribution is 7.10. The van der Waals surface area contributed by atoms with Crippen LogP contribution in [0.3, 0.4) is 0 Å². The maximum absolute atomic E-state index is 12.5. The molecular formula is C16H16ClN5OS. The molecule has 1 aromatic carbocycles. The van der Waals surface area contributed by atoms with Gasteiger partial charge in [0.15, 0.2) is 5.82 Å². The first kappa shape index (κ1) is 15.6. The van der Waals surface area contributed by atoms with Gasteiger partial charge in [0.25, 0.3) is 5.91 Å². The number of amides is 1. The van der Waals surface area contributed by atoms with E-state index in [0.29, 0.717) is 27.8 Å². The quantitative estimate of drug-likeness (QED) is 0.667. The van der Waals surface area contributed by atoms with Crippen molar-refractivity contribution in [2.24, 2.45) is 0 Å². The number of aromatic amines is 1. The van der Waals surface area contributed by atoms with Crippen LogP contribution in [0.1, 0.15) is 34.3 Å². The average Bonchev–Trinajstić information content (AvgIpc) is 3.24. The predicted molar refractivity (Wildman–Crippen MR) is 96.0 cm³/mol. The number of carbonyl (C=O) groups excluding carboxylic acids is 1. The molecule has 0 atom stereocenters. The van der Waals surface area contributed by atoms with Gasteiger partial charge < -0.3 is 10.6 Å². The van der Waals surface area contributed by atoms with Gasteiger partial charge in [0.2, 0.25) is 0 Å². The molecule has 3 N–H and O–H groups in total. The third kappa shape index (κ3) is 2.90. The van der Waals surface area contributed by atoms with Crippen molar-refractivity contribution in [1.29, 1.82) is 0 Å². The van der Waals surface area contributed by atoms with Crippen molar-refractivity contribution in [3.05, 3.63) is 39.3 Å². The van der Waals surface area contributed by atoms with E-state index >= 15 is 0 Å². The highest BCUT2D eigenvalue weighted by Crippen LogP contribution is 2.30. The normalized spacial score (nSPS) is 15.7. The topological polar surface area (TPSA) is 82.7 Å². The minimum atomic E-state index is -0.264. The smallest absolute Gasteiger partial charge is 0.276 e. The first-order valence-electron chi connectivity index (χ1n) is 7.82. The number of thiazole rings is 1. The molecule has 0 aliphatic carbocycles. The Morgan fingerprint density at radius 2 is 2.17 bits per heavy atom. The van der Waals surface area contributed by atoms with Crippen LogP contribution < -0.4 is 10.6 Å². The molecule has 0 spiro atoms. The van der Waals surface area contributed by atoms with Crippen molar-refractivity contribution in [2.45, 2.75) is 18.8 Å². The molecule has 0 radical (unpaired) electrons. The van der Waals surface area contributed by atoms with Gasteiger partial charge in [-0.15, -0.1) is 11.3 Å². The Labute approximate surface area is 147 Å². The van der Waals surface area contributed by atoms with E-state index in [1.165, 1.54) is 0 Å². The Kier molecular flexibility index (Phi) is 4.22. The van der Waals surface area contributed by atoms with E-state index in [0.717, 1.165) is 36.5 Å². The highest BCUT2D eigenvalue weighted by Gasteiger charge is 2.21. The number of nitrogens with one attached hydrogen (secondary N) is 3. The fourth-order valence-corrected chi connectivity index (χ4v) is 4.18. The lowest BCUT2D eigenvalue weighted by atomic mass is 9.99. The summed E-state index contributed by atoms with van der Waals surface area (Å²) in [6, 6.07) is 5.47. The molecule has 3 aromatic rings. The van der Waals surface area contributed by atoms with Crippen molar-refractivity contribution < 1.29 is 4.79 Å². The molecule has 3 heterocycles. The molecule has 0 bridgehead atoms. The molecule has 2 aromatic heterocycles. The van der Waals surface area contributed by atoms with Gasteiger partial charge in [-0.2, -0.15) is 5.10 Å². The third-order valence-electron chi connectivity index (χ3n) is 4.21. The Balaban J connectivity index is 1.54. The molecule has 1 aliphatic heterocycles. The summed E-state index contributed by atoms with van der Waals surface area (Å²) < 4.78 is 0. The minimum absolute atomic E-state index is 0.264. The summed E-state index contributed by atoms with van der Waals surface area (Å²) in [6.07, 6.45) is 2.13. The lowest BCUT2D eigenvalue weighted by Gasteiger charge is -2.20. The fraction of sp³-hybridized carbons (Fsp3) is 0.312. The zero-order chi connectivity index (χ0) is 16.5. The molecular weight excluding hydrogens is 346 g/mol. The number of nitrogens with zero attached hydrogens (tertiary/aromatic N) is 2. The monoisotopic (exact) mass is 361 g/mol. The van der Waals surface area contributed by atoms with Crippen LogP contribution in [0, 0.1) is 0 Å².